The number of aliphatic imine (C=N–C) groups is 1. The van der Waals surface area contributed by atoms with E-state index in [9.17, 15) is 0 Å². The molecule has 5 heteroatoms. The zero-order chi connectivity index (χ0) is 15.5. The molecular weight excluding hydrogens is 266 g/mol. The average Bonchev–Trinajstić information content (AvgIpc) is 2.45. The monoisotopic (exact) mass is 286 g/mol. The second kappa shape index (κ2) is 6.05. The Hall–Kier alpha value is -2.21. The van der Waals surface area contributed by atoms with Crippen molar-refractivity contribution in [3.8, 4) is 0 Å². The van der Waals surface area contributed by atoms with Gasteiger partial charge in [0, 0.05) is 6.21 Å². The van der Waals surface area contributed by atoms with Crippen LogP contribution in [-0.2, 0) is 0 Å². The van der Waals surface area contributed by atoms with Crippen LogP contribution in [0.2, 0.25) is 0 Å². The predicted octanol–water partition coefficient (Wildman–Crippen LogP) is 3.22. The molecule has 0 heterocycles. The molecule has 0 unspecified atom stereocenters. The summed E-state index contributed by atoms with van der Waals surface area (Å²) >= 11 is 0. The van der Waals surface area contributed by atoms with Crippen LogP contribution in [-0.4, -0.2) is 37.8 Å². The lowest BCUT2D eigenvalue weighted by molar-refractivity contribution is 0.0292. The quantitative estimate of drug-likeness (QED) is 0.515. The largest absolute Gasteiger partial charge is 0.298 e. The van der Waals surface area contributed by atoms with Crippen molar-refractivity contribution in [1.82, 2.24) is 4.48 Å². The van der Waals surface area contributed by atoms with E-state index in [1.807, 2.05) is 12.1 Å². The van der Waals surface area contributed by atoms with Crippen molar-refractivity contribution in [3.05, 3.63) is 54.1 Å². The van der Waals surface area contributed by atoms with E-state index in [4.69, 9.17) is 10.4 Å². The van der Waals surface area contributed by atoms with Crippen LogP contribution in [0.25, 0.3) is 0 Å². The molecule has 0 fully saturated rings. The molecule has 2 rings (SSSR count). The van der Waals surface area contributed by atoms with Gasteiger partial charge in [-0.3, -0.25) is 19.9 Å². The molecule has 0 spiro atoms. The smallest absolute Gasteiger partial charge is 0.132 e. The molecule has 0 saturated heterocycles. The highest BCUT2D eigenvalue weighted by Gasteiger charge is 2.10. The SMILES string of the molecule is C[N+](C)(C)c1ccc(C=Nc2ccc(N(O)O)cc2)cc1. The maximum atomic E-state index is 8.86. The summed E-state index contributed by atoms with van der Waals surface area (Å²) in [5, 5.41) is 17.8. The van der Waals surface area contributed by atoms with Gasteiger partial charge in [-0.25, -0.2) is 0 Å². The number of quaternary nitrogens is 1. The zero-order valence-corrected chi connectivity index (χ0v) is 12.4. The molecule has 0 saturated carbocycles. The Morgan fingerprint density at radius 3 is 1.95 bits per heavy atom. The first-order valence-corrected chi connectivity index (χ1v) is 6.60. The second-order valence-corrected chi connectivity index (χ2v) is 5.67. The molecule has 5 nitrogen and oxygen atoms in total. The molecule has 0 aromatic heterocycles. The van der Waals surface area contributed by atoms with E-state index < -0.39 is 0 Å². The van der Waals surface area contributed by atoms with Gasteiger partial charge in [0.2, 0.25) is 0 Å². The van der Waals surface area contributed by atoms with Crippen molar-refractivity contribution >= 4 is 23.3 Å². The van der Waals surface area contributed by atoms with Crippen LogP contribution in [0.4, 0.5) is 17.1 Å². The van der Waals surface area contributed by atoms with Crippen LogP contribution >= 0.6 is 0 Å². The molecule has 110 valence electrons. The van der Waals surface area contributed by atoms with E-state index in [2.05, 4.69) is 38.3 Å². The minimum absolute atomic E-state index is 0.0803. The minimum Gasteiger partial charge on any atom is -0.298 e. The maximum Gasteiger partial charge on any atom is 0.132 e. The summed E-state index contributed by atoms with van der Waals surface area (Å²) in [6.45, 7) is 0. The lowest BCUT2D eigenvalue weighted by atomic mass is 10.2. The lowest BCUT2D eigenvalue weighted by Crippen LogP contribution is -2.34. The molecule has 0 aliphatic heterocycles. The standard InChI is InChI=1S/C16H20N3O2/c1-19(2,3)16-10-4-13(5-11-16)12-17-14-6-8-15(9-7-14)18(20)21/h4-12,20-21H,1-3H3/q+1. The van der Waals surface area contributed by atoms with Gasteiger partial charge < -0.3 is 0 Å². The molecule has 2 aromatic carbocycles. The molecule has 0 radical (unpaired) electrons. The van der Waals surface area contributed by atoms with Crippen LogP contribution in [0, 0.1) is 0 Å². The Bertz CT molecular complexity index is 611. The highest BCUT2D eigenvalue weighted by Crippen LogP contribution is 2.19. The van der Waals surface area contributed by atoms with Gasteiger partial charge in [-0.1, -0.05) is 0 Å². The van der Waals surface area contributed by atoms with Crippen LogP contribution in [0.3, 0.4) is 0 Å². The van der Waals surface area contributed by atoms with E-state index in [0.717, 1.165) is 15.7 Å². The molecule has 2 aromatic rings. The van der Waals surface area contributed by atoms with Crippen molar-refractivity contribution < 1.29 is 10.4 Å². The summed E-state index contributed by atoms with van der Waals surface area (Å²) in [5.74, 6) is 0. The second-order valence-electron chi connectivity index (χ2n) is 5.67. The van der Waals surface area contributed by atoms with Crippen molar-refractivity contribution in [1.29, 1.82) is 0 Å². The Morgan fingerprint density at radius 1 is 0.905 bits per heavy atom. The number of nitrogens with zero attached hydrogens (tertiary/aromatic N) is 3. The topological polar surface area (TPSA) is 56.1 Å². The van der Waals surface area contributed by atoms with Crippen LogP contribution in [0.15, 0.2) is 53.5 Å². The van der Waals surface area contributed by atoms with E-state index in [1.165, 1.54) is 5.69 Å². The predicted molar refractivity (Wildman–Crippen MR) is 85.8 cm³/mol. The molecular formula is C16H20N3O2+. The number of hydrogen-bond acceptors (Lipinski definition) is 4. The number of benzene rings is 2. The Balaban J connectivity index is 2.10. The van der Waals surface area contributed by atoms with E-state index >= 15 is 0 Å². The molecule has 0 aliphatic carbocycles. The van der Waals surface area contributed by atoms with Crippen molar-refractivity contribution in [3.63, 3.8) is 0 Å². The first-order valence-electron chi connectivity index (χ1n) is 6.60. The summed E-state index contributed by atoms with van der Waals surface area (Å²) in [7, 11) is 6.36. The highest BCUT2D eigenvalue weighted by molar-refractivity contribution is 5.82. The number of hydrogen-bond donors (Lipinski definition) is 2. The zero-order valence-electron chi connectivity index (χ0n) is 12.4. The first-order chi connectivity index (χ1) is 9.86. The van der Waals surface area contributed by atoms with Crippen LogP contribution < -0.4 is 9.71 Å². The lowest BCUT2D eigenvalue weighted by Gasteiger charge is -2.23. The minimum atomic E-state index is 0.0803. The highest BCUT2D eigenvalue weighted by atomic mass is 16.8. The molecule has 2 N–H and O–H groups in total. The molecule has 0 atom stereocenters. The maximum absolute atomic E-state index is 8.86. The average molecular weight is 286 g/mol. The van der Waals surface area contributed by atoms with Gasteiger partial charge in [-0.15, -0.1) is 5.23 Å². The fourth-order valence-electron chi connectivity index (χ4n) is 1.83. The van der Waals surface area contributed by atoms with Gasteiger partial charge in [0.05, 0.1) is 32.5 Å². The van der Waals surface area contributed by atoms with E-state index in [0.29, 0.717) is 5.69 Å². The Labute approximate surface area is 124 Å². The molecule has 21 heavy (non-hydrogen) atoms. The van der Waals surface area contributed by atoms with Crippen LogP contribution in [0.1, 0.15) is 5.56 Å². The fourth-order valence-corrected chi connectivity index (χ4v) is 1.83. The summed E-state index contributed by atoms with van der Waals surface area (Å²) in [6.07, 6.45) is 1.78. The van der Waals surface area contributed by atoms with E-state index in [1.54, 1.807) is 30.5 Å². The summed E-state index contributed by atoms with van der Waals surface area (Å²) < 4.78 is 0.776. The summed E-state index contributed by atoms with van der Waals surface area (Å²) in [5.41, 5.74) is 3.28. The van der Waals surface area contributed by atoms with Crippen LogP contribution in [0.5, 0.6) is 0 Å². The van der Waals surface area contributed by atoms with Gasteiger partial charge >= 0.3 is 0 Å². The molecule has 0 amide bonds. The summed E-state index contributed by atoms with van der Waals surface area (Å²) in [6, 6.07) is 14.8. The Morgan fingerprint density at radius 2 is 1.48 bits per heavy atom. The van der Waals surface area contributed by atoms with Crippen molar-refractivity contribution in [2.75, 3.05) is 26.4 Å². The summed E-state index contributed by atoms with van der Waals surface area (Å²) in [4.78, 5) is 4.36. The third-order valence-electron chi connectivity index (χ3n) is 3.11. The van der Waals surface area contributed by atoms with Crippen molar-refractivity contribution in [2.45, 2.75) is 0 Å². The van der Waals surface area contributed by atoms with Crippen molar-refractivity contribution in [2.24, 2.45) is 4.99 Å². The van der Waals surface area contributed by atoms with Gasteiger partial charge in [0.25, 0.3) is 0 Å². The third-order valence-corrected chi connectivity index (χ3v) is 3.11. The normalized spacial score (nSPS) is 11.9. The van der Waals surface area contributed by atoms with E-state index in [-0.39, 0.29) is 5.23 Å². The van der Waals surface area contributed by atoms with Gasteiger partial charge in [0.15, 0.2) is 0 Å². The number of anilines is 1. The third kappa shape index (κ3) is 4.13. The Kier molecular flexibility index (Phi) is 4.37. The fraction of sp³-hybridized carbons (Fsp3) is 0.188. The van der Waals surface area contributed by atoms with Gasteiger partial charge in [-0.2, -0.15) is 0 Å². The molecule has 0 bridgehead atoms. The number of rotatable bonds is 4. The first kappa shape index (κ1) is 15.2. The molecule has 0 aliphatic rings. The van der Waals surface area contributed by atoms with Gasteiger partial charge in [0.1, 0.15) is 5.69 Å². The van der Waals surface area contributed by atoms with Gasteiger partial charge in [-0.05, 0) is 54.1 Å².